The number of fused-ring (bicyclic) bond motifs is 5. The van der Waals surface area contributed by atoms with Crippen LogP contribution in [0.15, 0.2) is 18.2 Å². The predicted molar refractivity (Wildman–Crippen MR) is 80.5 cm³/mol. The molecule has 0 amide bonds. The molecule has 0 spiro atoms. The second-order valence-electron chi connectivity index (χ2n) is 6.88. The Bertz CT molecular complexity index is 844. The van der Waals surface area contributed by atoms with Crippen molar-refractivity contribution in [2.45, 2.75) is 30.7 Å². The lowest BCUT2D eigenvalue weighted by atomic mass is 9.88. The topological polar surface area (TPSA) is 61.2 Å². The summed E-state index contributed by atoms with van der Waals surface area (Å²) in [5.74, 6) is 0.509. The van der Waals surface area contributed by atoms with E-state index in [0.717, 1.165) is 35.7 Å². The molecule has 2 bridgehead atoms. The van der Waals surface area contributed by atoms with Crippen LogP contribution in [-0.2, 0) is 16.2 Å². The zero-order valence-electron chi connectivity index (χ0n) is 12.6. The Kier molecular flexibility index (Phi) is 3.21. The second-order valence-corrected chi connectivity index (χ2v) is 8.89. The van der Waals surface area contributed by atoms with E-state index in [2.05, 4.69) is 0 Å². The lowest BCUT2D eigenvalue weighted by Crippen LogP contribution is -2.33. The third-order valence-corrected chi connectivity index (χ3v) is 8.15. The molecule has 1 heterocycles. The summed E-state index contributed by atoms with van der Waals surface area (Å²) in [4.78, 5) is 0. The minimum absolute atomic E-state index is 0.00938. The highest BCUT2D eigenvalue weighted by Gasteiger charge is 2.59. The number of anilines is 1. The number of halogens is 3. The van der Waals surface area contributed by atoms with Gasteiger partial charge < -0.3 is 0 Å². The molecule has 128 valence electrons. The largest absolute Gasteiger partial charge is 0.417 e. The van der Waals surface area contributed by atoms with Gasteiger partial charge in [0.15, 0.2) is 0 Å². The molecule has 0 aromatic heterocycles. The lowest BCUT2D eigenvalue weighted by Gasteiger charge is -2.22. The number of sulfonamides is 1. The lowest BCUT2D eigenvalue weighted by molar-refractivity contribution is -0.137. The van der Waals surface area contributed by atoms with Crippen LogP contribution in [0.25, 0.3) is 0 Å². The van der Waals surface area contributed by atoms with Gasteiger partial charge in [-0.25, -0.2) is 8.42 Å². The van der Waals surface area contributed by atoms with Gasteiger partial charge in [-0.2, -0.15) is 18.4 Å². The fourth-order valence-corrected chi connectivity index (χ4v) is 7.35. The van der Waals surface area contributed by atoms with Gasteiger partial charge >= 0.3 is 6.18 Å². The third-order valence-electron chi connectivity index (χ3n) is 5.75. The van der Waals surface area contributed by atoms with Gasteiger partial charge in [-0.1, -0.05) is 0 Å². The van der Waals surface area contributed by atoms with Gasteiger partial charge in [0, 0.05) is 6.54 Å². The summed E-state index contributed by atoms with van der Waals surface area (Å²) in [7, 11) is -3.65. The highest BCUT2D eigenvalue weighted by molar-refractivity contribution is 7.93. The van der Waals surface area contributed by atoms with Crippen molar-refractivity contribution < 1.29 is 21.6 Å². The van der Waals surface area contributed by atoms with Crippen LogP contribution < -0.4 is 4.31 Å². The smallest absolute Gasteiger partial charge is 0.270 e. The van der Waals surface area contributed by atoms with Gasteiger partial charge in [0.05, 0.1) is 28.1 Å². The van der Waals surface area contributed by atoms with Crippen LogP contribution in [0.4, 0.5) is 18.9 Å². The molecule has 1 saturated heterocycles. The number of benzene rings is 1. The van der Waals surface area contributed by atoms with Gasteiger partial charge in [0.25, 0.3) is 0 Å². The van der Waals surface area contributed by atoms with E-state index in [4.69, 9.17) is 5.26 Å². The molecule has 2 aliphatic carbocycles. The number of rotatable bonds is 1. The summed E-state index contributed by atoms with van der Waals surface area (Å²) < 4.78 is 66.3. The zero-order chi connectivity index (χ0) is 17.3. The highest BCUT2D eigenvalue weighted by atomic mass is 32.2. The number of hydrogen-bond donors (Lipinski definition) is 0. The average Bonchev–Trinajstić information content (AvgIpc) is 3.18. The minimum Gasteiger partial charge on any atom is -0.270 e. The third kappa shape index (κ3) is 2.07. The molecule has 0 radical (unpaired) electrons. The average molecular weight is 356 g/mol. The van der Waals surface area contributed by atoms with Crippen LogP contribution >= 0.6 is 0 Å². The van der Waals surface area contributed by atoms with E-state index in [-0.39, 0.29) is 24.1 Å². The SMILES string of the molecule is N#Cc1ccc(N2C[C@H]3[C@H]4CC[C@@H](C4)[C@H]3S2(=O)=O)cc1C(F)(F)F. The van der Waals surface area contributed by atoms with Gasteiger partial charge in [-0.05, 0) is 55.2 Å². The number of alkyl halides is 3. The first-order chi connectivity index (χ1) is 11.2. The maximum absolute atomic E-state index is 13.1. The second kappa shape index (κ2) is 4.88. The monoisotopic (exact) mass is 356 g/mol. The molecule has 0 unspecified atom stereocenters. The van der Waals surface area contributed by atoms with E-state index in [1.54, 1.807) is 0 Å². The van der Waals surface area contributed by atoms with Crippen molar-refractivity contribution in [3.05, 3.63) is 29.3 Å². The predicted octanol–water partition coefficient (Wildman–Crippen LogP) is 3.14. The van der Waals surface area contributed by atoms with E-state index in [1.807, 2.05) is 0 Å². The van der Waals surface area contributed by atoms with E-state index in [1.165, 1.54) is 12.1 Å². The zero-order valence-corrected chi connectivity index (χ0v) is 13.4. The van der Waals surface area contributed by atoms with E-state index in [9.17, 15) is 21.6 Å². The van der Waals surface area contributed by atoms with Crippen molar-refractivity contribution >= 4 is 15.7 Å². The summed E-state index contributed by atoms with van der Waals surface area (Å²) in [5, 5.41) is 8.41. The molecule has 0 N–H and O–H groups in total. The number of hydrogen-bond acceptors (Lipinski definition) is 3. The molecular formula is C16H15F3N2O2S. The molecule has 24 heavy (non-hydrogen) atoms. The normalized spacial score (nSPS) is 33.5. The molecule has 1 aromatic carbocycles. The molecule has 4 rings (SSSR count). The summed E-state index contributed by atoms with van der Waals surface area (Å²) in [5.41, 5.74) is -1.57. The molecule has 2 saturated carbocycles. The van der Waals surface area contributed by atoms with Crippen molar-refractivity contribution in [2.75, 3.05) is 10.8 Å². The van der Waals surface area contributed by atoms with Crippen molar-refractivity contribution in [1.82, 2.24) is 0 Å². The van der Waals surface area contributed by atoms with Crippen molar-refractivity contribution in [2.24, 2.45) is 17.8 Å². The Labute approximate surface area is 137 Å². The van der Waals surface area contributed by atoms with Crippen LogP contribution in [0.2, 0.25) is 0 Å². The van der Waals surface area contributed by atoms with Gasteiger partial charge in [-0.15, -0.1) is 0 Å². The van der Waals surface area contributed by atoms with Crippen LogP contribution in [-0.4, -0.2) is 20.2 Å². The van der Waals surface area contributed by atoms with Crippen molar-refractivity contribution in [3.8, 4) is 6.07 Å². The van der Waals surface area contributed by atoms with Crippen molar-refractivity contribution in [1.29, 1.82) is 5.26 Å². The van der Waals surface area contributed by atoms with Crippen LogP contribution in [0.5, 0.6) is 0 Å². The molecule has 4 atom stereocenters. The van der Waals surface area contributed by atoms with Gasteiger partial charge in [0.1, 0.15) is 0 Å². The first kappa shape index (κ1) is 15.8. The first-order valence-corrected chi connectivity index (χ1v) is 9.36. The Morgan fingerprint density at radius 1 is 1.21 bits per heavy atom. The first-order valence-electron chi connectivity index (χ1n) is 7.86. The molecule has 8 heteroatoms. The summed E-state index contributed by atoms with van der Waals surface area (Å²) in [6.45, 7) is 0.247. The van der Waals surface area contributed by atoms with E-state index >= 15 is 0 Å². The standard InChI is InChI=1S/C16H15F3N2O2S/c17-16(18,19)14-6-12(4-3-11(14)7-20)21-8-13-9-1-2-10(5-9)15(13)24(21,22)23/h3-4,6,9-10,13,15H,1-2,5,8H2/t9-,10-,13-,15+/m0/s1. The summed E-state index contributed by atoms with van der Waals surface area (Å²) in [6, 6.07) is 4.66. The molecule has 1 aliphatic heterocycles. The fourth-order valence-electron chi connectivity index (χ4n) is 4.79. The summed E-state index contributed by atoms with van der Waals surface area (Å²) in [6.07, 6.45) is -1.88. The molecule has 3 aliphatic rings. The quantitative estimate of drug-likeness (QED) is 0.777. The van der Waals surface area contributed by atoms with Crippen molar-refractivity contribution in [3.63, 3.8) is 0 Å². The maximum Gasteiger partial charge on any atom is 0.417 e. The highest BCUT2D eigenvalue weighted by Crippen LogP contribution is 2.55. The Balaban J connectivity index is 1.77. The molecular weight excluding hydrogens is 341 g/mol. The minimum atomic E-state index is -4.69. The number of nitrogens with zero attached hydrogens (tertiary/aromatic N) is 2. The fraction of sp³-hybridized carbons (Fsp3) is 0.562. The molecule has 1 aromatic rings. The Morgan fingerprint density at radius 3 is 2.54 bits per heavy atom. The van der Waals surface area contributed by atoms with Gasteiger partial charge in [-0.3, -0.25) is 4.31 Å². The van der Waals surface area contributed by atoms with Crippen LogP contribution in [0.1, 0.15) is 30.4 Å². The molecule has 4 nitrogen and oxygen atoms in total. The van der Waals surface area contributed by atoms with Gasteiger partial charge in [0.2, 0.25) is 10.0 Å². The summed E-state index contributed by atoms with van der Waals surface area (Å²) >= 11 is 0. The van der Waals surface area contributed by atoms with E-state index in [0.29, 0.717) is 5.92 Å². The Morgan fingerprint density at radius 2 is 1.92 bits per heavy atom. The maximum atomic E-state index is 13.1. The van der Waals surface area contributed by atoms with Crippen LogP contribution in [0.3, 0.4) is 0 Å². The van der Waals surface area contributed by atoms with E-state index < -0.39 is 32.6 Å². The number of nitriles is 1. The molecule has 3 fully saturated rings. The van der Waals surface area contributed by atoms with Crippen LogP contribution in [0, 0.1) is 29.1 Å². The Hall–Kier alpha value is -1.75.